The molecule has 1 aliphatic heterocycles. The van der Waals surface area contributed by atoms with Gasteiger partial charge in [0, 0.05) is 10.4 Å². The van der Waals surface area contributed by atoms with Crippen LogP contribution in [0.25, 0.3) is 20.7 Å². The minimum Gasteiger partial charge on any atom is -0.308 e. The highest BCUT2D eigenvalue weighted by molar-refractivity contribution is 7.22. The van der Waals surface area contributed by atoms with Crippen molar-refractivity contribution in [3.63, 3.8) is 0 Å². The van der Waals surface area contributed by atoms with E-state index in [4.69, 9.17) is 0 Å². The van der Waals surface area contributed by atoms with Crippen molar-refractivity contribution in [3.8, 4) is 10.4 Å². The van der Waals surface area contributed by atoms with Gasteiger partial charge in [-0.05, 0) is 25.5 Å². The zero-order valence-corrected chi connectivity index (χ0v) is 13.7. The minimum absolute atomic E-state index is 0.0335. The third-order valence-electron chi connectivity index (χ3n) is 4.23. The molecule has 4 rings (SSSR count). The maximum absolute atomic E-state index is 13.1. The van der Waals surface area contributed by atoms with Gasteiger partial charge in [-0.25, -0.2) is 4.98 Å². The molecule has 0 bridgehead atoms. The lowest BCUT2D eigenvalue weighted by molar-refractivity contribution is -0.140. The van der Waals surface area contributed by atoms with E-state index in [0.717, 1.165) is 43.3 Å². The molecule has 0 saturated carbocycles. The molecule has 0 spiro atoms. The Morgan fingerprint density at radius 2 is 2.12 bits per heavy atom. The number of aromatic amines is 2. The number of piperidine rings is 1. The highest BCUT2D eigenvalue weighted by Crippen LogP contribution is 2.39. The lowest BCUT2D eigenvalue weighted by Crippen LogP contribution is -2.29. The Bertz CT molecular complexity index is 968. The largest absolute Gasteiger partial charge is 0.433 e. The lowest BCUT2D eigenvalue weighted by Gasteiger charge is -2.22. The SMILES string of the molecule is O=c1[nH]c([C@@H]2CCCCN2)nc2cc(-c3cn[nH]c3C(F)(F)F)sc12. The number of rotatable bonds is 2. The average Bonchev–Trinajstić information content (AvgIpc) is 3.21. The monoisotopic (exact) mass is 369 g/mol. The van der Waals surface area contributed by atoms with Gasteiger partial charge < -0.3 is 10.3 Å². The van der Waals surface area contributed by atoms with Crippen molar-refractivity contribution in [3.05, 3.63) is 34.1 Å². The Kier molecular flexibility index (Phi) is 3.88. The van der Waals surface area contributed by atoms with Crippen LogP contribution in [0.4, 0.5) is 13.2 Å². The number of hydrogen-bond donors (Lipinski definition) is 3. The average molecular weight is 369 g/mol. The topological polar surface area (TPSA) is 86.5 Å². The minimum atomic E-state index is -4.54. The third-order valence-corrected chi connectivity index (χ3v) is 5.39. The predicted molar refractivity (Wildman–Crippen MR) is 87.4 cm³/mol. The Balaban J connectivity index is 1.80. The van der Waals surface area contributed by atoms with Crippen molar-refractivity contribution in [1.82, 2.24) is 25.5 Å². The molecule has 0 aromatic carbocycles. The van der Waals surface area contributed by atoms with Crippen LogP contribution in [0.2, 0.25) is 0 Å². The standard InChI is InChI=1S/C15H14F3N5OS/c16-15(17,18)12-7(6-20-23-12)10-5-9-11(25-10)14(24)22-13(21-9)8-3-1-2-4-19-8/h5-6,8,19H,1-4H2,(H,20,23)(H,21,22,24)/t8-/m0/s1. The first-order valence-corrected chi connectivity index (χ1v) is 8.63. The van der Waals surface area contributed by atoms with Crippen LogP contribution in [-0.4, -0.2) is 26.7 Å². The number of nitrogens with one attached hydrogen (secondary N) is 3. The summed E-state index contributed by atoms with van der Waals surface area (Å²) in [5.41, 5.74) is -0.932. The molecule has 0 amide bonds. The maximum Gasteiger partial charge on any atom is 0.433 e. The molecule has 6 nitrogen and oxygen atoms in total. The Hall–Kier alpha value is -2.20. The summed E-state index contributed by atoms with van der Waals surface area (Å²) >= 11 is 0.981. The zero-order chi connectivity index (χ0) is 17.6. The molecule has 3 aromatic rings. The molecule has 1 aliphatic rings. The molecule has 0 unspecified atom stereocenters. The zero-order valence-electron chi connectivity index (χ0n) is 12.9. The second kappa shape index (κ2) is 5.95. The molecule has 3 N–H and O–H groups in total. The van der Waals surface area contributed by atoms with Crippen molar-refractivity contribution in [1.29, 1.82) is 0 Å². The van der Waals surface area contributed by atoms with Crippen molar-refractivity contribution in [2.75, 3.05) is 6.54 Å². The van der Waals surface area contributed by atoms with Crippen LogP contribution in [0.5, 0.6) is 0 Å². The van der Waals surface area contributed by atoms with Gasteiger partial charge in [0.05, 0.1) is 17.8 Å². The fourth-order valence-electron chi connectivity index (χ4n) is 3.03. The van der Waals surface area contributed by atoms with Crippen LogP contribution >= 0.6 is 11.3 Å². The van der Waals surface area contributed by atoms with Gasteiger partial charge in [0.15, 0.2) is 0 Å². The summed E-state index contributed by atoms with van der Waals surface area (Å²) in [6, 6.07) is 1.48. The first-order chi connectivity index (χ1) is 11.9. The highest BCUT2D eigenvalue weighted by Gasteiger charge is 2.36. The van der Waals surface area contributed by atoms with E-state index in [1.165, 1.54) is 6.07 Å². The van der Waals surface area contributed by atoms with Crippen molar-refractivity contribution < 1.29 is 13.2 Å². The van der Waals surface area contributed by atoms with E-state index in [0.29, 0.717) is 20.9 Å². The van der Waals surface area contributed by atoms with Gasteiger partial charge in [-0.1, -0.05) is 6.42 Å². The molecule has 3 aromatic heterocycles. The number of fused-ring (bicyclic) bond motifs is 1. The number of nitrogens with zero attached hydrogens (tertiary/aromatic N) is 2. The predicted octanol–water partition coefficient (Wildman–Crippen LogP) is 3.21. The number of H-pyrrole nitrogens is 2. The number of hydrogen-bond acceptors (Lipinski definition) is 5. The quantitative estimate of drug-likeness (QED) is 0.647. The number of aromatic nitrogens is 4. The summed E-state index contributed by atoms with van der Waals surface area (Å²) in [6.07, 6.45) is -0.444. The first-order valence-electron chi connectivity index (χ1n) is 7.81. The molecule has 1 atom stereocenters. The van der Waals surface area contributed by atoms with Crippen LogP contribution in [0.1, 0.15) is 36.8 Å². The molecule has 132 valence electrons. The summed E-state index contributed by atoms with van der Waals surface area (Å²) in [7, 11) is 0. The fourth-order valence-corrected chi connectivity index (χ4v) is 4.04. The molecule has 0 radical (unpaired) electrons. The van der Waals surface area contributed by atoms with E-state index in [2.05, 4.69) is 20.4 Å². The molecule has 1 saturated heterocycles. The van der Waals surface area contributed by atoms with Crippen molar-refractivity contribution in [2.24, 2.45) is 0 Å². The van der Waals surface area contributed by atoms with Crippen molar-refractivity contribution in [2.45, 2.75) is 31.5 Å². The van der Waals surface area contributed by atoms with E-state index in [9.17, 15) is 18.0 Å². The molecule has 1 fully saturated rings. The van der Waals surface area contributed by atoms with Gasteiger partial charge in [-0.3, -0.25) is 9.89 Å². The molecule has 0 aliphatic carbocycles. The second-order valence-electron chi connectivity index (χ2n) is 5.94. The number of alkyl halides is 3. The third kappa shape index (κ3) is 2.95. The van der Waals surface area contributed by atoms with E-state index in [-0.39, 0.29) is 17.2 Å². The van der Waals surface area contributed by atoms with Gasteiger partial charge in [0.2, 0.25) is 0 Å². The van der Waals surface area contributed by atoms with E-state index >= 15 is 0 Å². The van der Waals surface area contributed by atoms with E-state index < -0.39 is 11.9 Å². The Morgan fingerprint density at radius 1 is 1.28 bits per heavy atom. The van der Waals surface area contributed by atoms with Crippen LogP contribution < -0.4 is 10.9 Å². The highest BCUT2D eigenvalue weighted by atomic mass is 32.1. The van der Waals surface area contributed by atoms with Gasteiger partial charge in [0.1, 0.15) is 16.2 Å². The van der Waals surface area contributed by atoms with Gasteiger partial charge in [-0.2, -0.15) is 18.3 Å². The maximum atomic E-state index is 13.1. The lowest BCUT2D eigenvalue weighted by atomic mass is 10.0. The van der Waals surface area contributed by atoms with Gasteiger partial charge >= 0.3 is 6.18 Å². The molecule has 25 heavy (non-hydrogen) atoms. The molecule has 10 heteroatoms. The molecular formula is C15H14F3N5OS. The van der Waals surface area contributed by atoms with Crippen LogP contribution in [0, 0.1) is 0 Å². The van der Waals surface area contributed by atoms with Crippen LogP contribution in [0.15, 0.2) is 17.1 Å². The van der Waals surface area contributed by atoms with Crippen LogP contribution in [-0.2, 0) is 6.18 Å². The van der Waals surface area contributed by atoms with Gasteiger partial charge in [0.25, 0.3) is 5.56 Å². The number of thiophene rings is 1. The summed E-state index contributed by atoms with van der Waals surface area (Å²) in [4.78, 5) is 19.9. The second-order valence-corrected chi connectivity index (χ2v) is 6.99. The fraction of sp³-hybridized carbons (Fsp3) is 0.400. The van der Waals surface area contributed by atoms with E-state index in [1.807, 2.05) is 5.10 Å². The number of halogens is 3. The summed E-state index contributed by atoms with van der Waals surface area (Å²) in [5, 5.41) is 8.77. The molecular weight excluding hydrogens is 355 g/mol. The summed E-state index contributed by atoms with van der Waals surface area (Å²) in [5.74, 6) is 0.532. The Labute approximate surface area is 143 Å². The van der Waals surface area contributed by atoms with Gasteiger partial charge in [-0.15, -0.1) is 11.3 Å². The summed E-state index contributed by atoms with van der Waals surface area (Å²) < 4.78 is 39.5. The normalized spacial score (nSPS) is 18.8. The van der Waals surface area contributed by atoms with Crippen LogP contribution in [0.3, 0.4) is 0 Å². The smallest absolute Gasteiger partial charge is 0.308 e. The first kappa shape index (κ1) is 16.3. The Morgan fingerprint density at radius 3 is 2.84 bits per heavy atom. The molecule has 4 heterocycles. The van der Waals surface area contributed by atoms with E-state index in [1.54, 1.807) is 0 Å². The summed E-state index contributed by atoms with van der Waals surface area (Å²) in [6.45, 7) is 0.852. The van der Waals surface area contributed by atoms with Crippen molar-refractivity contribution >= 4 is 21.6 Å².